The van der Waals surface area contributed by atoms with Crippen LogP contribution in [0.5, 0.6) is 0 Å². The van der Waals surface area contributed by atoms with Gasteiger partial charge in [0.15, 0.2) is 11.4 Å². The maximum absolute atomic E-state index is 12.9. The molecule has 1 aromatic carbocycles. The number of ketones is 1. The molecule has 0 radical (unpaired) electrons. The van der Waals surface area contributed by atoms with Crippen LogP contribution >= 0.6 is 0 Å². The second-order valence-electron chi connectivity index (χ2n) is 8.27. The van der Waals surface area contributed by atoms with Crippen LogP contribution in [0.25, 0.3) is 0 Å². The smallest absolute Gasteiger partial charge is 0.261 e. The lowest BCUT2D eigenvalue weighted by molar-refractivity contribution is -0.129. The van der Waals surface area contributed by atoms with Crippen LogP contribution in [0.1, 0.15) is 0 Å². The summed E-state index contributed by atoms with van der Waals surface area (Å²) in [6.07, 6.45) is 13.4. The van der Waals surface area contributed by atoms with E-state index in [1.807, 2.05) is 12.2 Å². The number of imide groups is 1. The number of allylic oxidation sites excluding steroid dienone is 5. The van der Waals surface area contributed by atoms with Gasteiger partial charge in [-0.15, -0.1) is 0 Å². The number of ether oxygens (including phenoxy) is 1. The fraction of sp³-hybridized carbons (Fsp3) is 0.0800. The topological polar surface area (TPSA) is 119 Å². The molecule has 1 fully saturated rings. The first kappa shape index (κ1) is 20.4. The highest BCUT2D eigenvalue weighted by Crippen LogP contribution is 2.48. The summed E-state index contributed by atoms with van der Waals surface area (Å²) in [5, 5.41) is 2.18. The van der Waals surface area contributed by atoms with Gasteiger partial charge in [-0.05, 0) is 36.4 Å². The number of carbonyl (C=O) groups is 3. The molecule has 2 aliphatic heterocycles. The van der Waals surface area contributed by atoms with Crippen LogP contribution in [0.3, 0.4) is 0 Å². The molecule has 1 spiro atoms. The van der Waals surface area contributed by atoms with Crippen LogP contribution in [0.15, 0.2) is 118 Å². The molecular weight excluding hydrogens is 456 g/mol. The Labute approximate surface area is 194 Å². The minimum atomic E-state index is -3.86. The Balaban J connectivity index is 1.48. The van der Waals surface area contributed by atoms with Crippen molar-refractivity contribution in [2.75, 3.05) is 0 Å². The first-order valence-electron chi connectivity index (χ1n) is 10.4. The highest BCUT2D eigenvalue weighted by molar-refractivity contribution is 7.89. The molecule has 168 valence electrons. The number of hydrogen-bond acceptors (Lipinski definition) is 6. The highest BCUT2D eigenvalue weighted by Gasteiger charge is 2.51. The second-order valence-corrected chi connectivity index (χ2v) is 9.95. The van der Waals surface area contributed by atoms with Gasteiger partial charge in [-0.2, -0.15) is 0 Å². The molecule has 0 aromatic heterocycles. The van der Waals surface area contributed by atoms with Crippen molar-refractivity contribution in [3.63, 3.8) is 0 Å². The molecule has 5 aliphatic rings. The van der Waals surface area contributed by atoms with Crippen molar-refractivity contribution in [2.24, 2.45) is 5.92 Å². The Kier molecular flexibility index (Phi) is 4.12. The summed E-state index contributed by atoms with van der Waals surface area (Å²) in [5.74, 6) is -2.95. The molecule has 1 saturated heterocycles. The van der Waals surface area contributed by atoms with E-state index in [-0.39, 0.29) is 21.9 Å². The zero-order valence-corrected chi connectivity index (χ0v) is 18.3. The van der Waals surface area contributed by atoms with Crippen LogP contribution in [-0.4, -0.2) is 31.6 Å². The molecule has 9 heteroatoms. The standard InChI is InChI=1S/C25H16N2O6S/c28-19-12-14-11-16-6-4-5-15-9-10-17(27-34(31,32)18-7-2-1-3-8-18)13-25(15,16)33-22(14)21-20(19)23(29)26-24(21)30/h1-13,20,27H,(H,26,29,30). The predicted molar refractivity (Wildman–Crippen MR) is 120 cm³/mol. The Morgan fingerprint density at radius 3 is 2.56 bits per heavy atom. The van der Waals surface area contributed by atoms with E-state index in [1.54, 1.807) is 48.6 Å². The Bertz CT molecular complexity index is 1540. The molecule has 0 bridgehead atoms. The molecule has 3 aliphatic carbocycles. The summed E-state index contributed by atoms with van der Waals surface area (Å²) in [7, 11) is -3.86. The van der Waals surface area contributed by atoms with E-state index >= 15 is 0 Å². The first-order chi connectivity index (χ1) is 16.3. The number of hydrogen-bond donors (Lipinski definition) is 2. The largest absolute Gasteiger partial charge is 0.472 e. The van der Waals surface area contributed by atoms with Crippen molar-refractivity contribution in [1.82, 2.24) is 10.0 Å². The van der Waals surface area contributed by atoms with E-state index in [2.05, 4.69) is 10.0 Å². The number of nitrogens with one attached hydrogen (secondary N) is 2. The number of sulfonamides is 1. The average Bonchev–Trinajstić information content (AvgIpc) is 3.12. The lowest BCUT2D eigenvalue weighted by Crippen LogP contribution is -2.42. The molecule has 0 saturated carbocycles. The summed E-state index contributed by atoms with van der Waals surface area (Å²) in [6.45, 7) is 0. The SMILES string of the molecule is O=C1NC(=O)C2C(=O)C=C3C=C4C=CC=C5C=CC(NS(=O)(=O)c6ccccc6)=CC54OC3=C12. The Hall–Kier alpha value is -4.24. The fourth-order valence-electron chi connectivity index (χ4n) is 4.67. The number of amides is 2. The van der Waals surface area contributed by atoms with Gasteiger partial charge in [-0.1, -0.05) is 42.5 Å². The maximum Gasteiger partial charge on any atom is 0.261 e. The van der Waals surface area contributed by atoms with Crippen molar-refractivity contribution in [3.05, 3.63) is 113 Å². The average molecular weight is 472 g/mol. The first-order valence-corrected chi connectivity index (χ1v) is 11.9. The molecule has 34 heavy (non-hydrogen) atoms. The Morgan fingerprint density at radius 2 is 1.76 bits per heavy atom. The van der Waals surface area contributed by atoms with Crippen molar-refractivity contribution in [2.45, 2.75) is 10.5 Å². The minimum absolute atomic E-state index is 0.0274. The van der Waals surface area contributed by atoms with Crippen LogP contribution in [0.2, 0.25) is 0 Å². The van der Waals surface area contributed by atoms with E-state index in [9.17, 15) is 22.8 Å². The van der Waals surface area contributed by atoms with Crippen molar-refractivity contribution in [3.8, 4) is 0 Å². The van der Waals surface area contributed by atoms with Crippen molar-refractivity contribution >= 4 is 27.6 Å². The Morgan fingerprint density at radius 1 is 0.971 bits per heavy atom. The lowest BCUT2D eigenvalue weighted by atomic mass is 9.74. The van der Waals surface area contributed by atoms with E-state index in [1.165, 1.54) is 18.2 Å². The third-order valence-corrected chi connectivity index (χ3v) is 7.61. The molecule has 1 aromatic rings. The third-order valence-electron chi connectivity index (χ3n) is 6.21. The van der Waals surface area contributed by atoms with E-state index < -0.39 is 39.1 Å². The van der Waals surface area contributed by atoms with Crippen molar-refractivity contribution in [1.29, 1.82) is 0 Å². The molecule has 8 nitrogen and oxygen atoms in total. The number of carbonyl (C=O) groups excluding carboxylic acids is 3. The number of benzene rings is 1. The molecule has 2 unspecified atom stereocenters. The van der Waals surface area contributed by atoms with E-state index in [0.717, 1.165) is 0 Å². The highest BCUT2D eigenvalue weighted by atomic mass is 32.2. The molecule has 2 amide bonds. The lowest BCUT2D eigenvalue weighted by Gasteiger charge is -2.43. The van der Waals surface area contributed by atoms with Crippen LogP contribution in [-0.2, 0) is 29.1 Å². The molecule has 2 N–H and O–H groups in total. The summed E-state index contributed by atoms with van der Waals surface area (Å²) in [6, 6.07) is 7.97. The van der Waals surface area contributed by atoms with Gasteiger partial charge in [0.05, 0.1) is 10.5 Å². The van der Waals surface area contributed by atoms with E-state index in [4.69, 9.17) is 4.74 Å². The van der Waals surface area contributed by atoms with Gasteiger partial charge in [-0.3, -0.25) is 24.4 Å². The summed E-state index contributed by atoms with van der Waals surface area (Å²) in [5.41, 5.74) is 0.749. The molecule has 2 atom stereocenters. The van der Waals surface area contributed by atoms with E-state index in [0.29, 0.717) is 16.7 Å². The number of fused-ring (bicyclic) bond motifs is 2. The van der Waals surface area contributed by atoms with Gasteiger partial charge >= 0.3 is 0 Å². The van der Waals surface area contributed by atoms with Crippen LogP contribution in [0, 0.1) is 5.92 Å². The second kappa shape index (κ2) is 6.88. The quantitative estimate of drug-likeness (QED) is 0.510. The zero-order valence-electron chi connectivity index (χ0n) is 17.4. The van der Waals surface area contributed by atoms with Gasteiger partial charge in [0.2, 0.25) is 5.91 Å². The summed E-state index contributed by atoms with van der Waals surface area (Å²) >= 11 is 0. The summed E-state index contributed by atoms with van der Waals surface area (Å²) < 4.78 is 34.8. The third kappa shape index (κ3) is 2.83. The molecular formula is C25H16N2O6S. The van der Waals surface area contributed by atoms with Gasteiger partial charge in [0, 0.05) is 22.4 Å². The van der Waals surface area contributed by atoms with Crippen LogP contribution < -0.4 is 10.0 Å². The molecule has 6 rings (SSSR count). The van der Waals surface area contributed by atoms with Gasteiger partial charge in [0.25, 0.3) is 15.9 Å². The van der Waals surface area contributed by atoms with Crippen molar-refractivity contribution < 1.29 is 27.5 Å². The fourth-order valence-corrected chi connectivity index (χ4v) is 5.74. The minimum Gasteiger partial charge on any atom is -0.472 e. The number of rotatable bonds is 3. The maximum atomic E-state index is 12.9. The van der Waals surface area contributed by atoms with Gasteiger partial charge in [-0.25, -0.2) is 8.42 Å². The monoisotopic (exact) mass is 472 g/mol. The van der Waals surface area contributed by atoms with Gasteiger partial charge < -0.3 is 4.74 Å². The normalized spacial score (nSPS) is 26.7. The summed E-state index contributed by atoms with van der Waals surface area (Å²) in [4.78, 5) is 37.4. The van der Waals surface area contributed by atoms with Gasteiger partial charge in [0.1, 0.15) is 11.7 Å². The zero-order chi connectivity index (χ0) is 23.7. The van der Waals surface area contributed by atoms with Crippen LogP contribution in [0.4, 0.5) is 0 Å². The predicted octanol–water partition coefficient (Wildman–Crippen LogP) is 1.65. The molecule has 2 heterocycles.